The maximum atomic E-state index is 13.7. The number of halogens is 4. The molecular weight excluding hydrogens is 382 g/mol. The summed E-state index contributed by atoms with van der Waals surface area (Å²) < 4.78 is 28.6. The summed E-state index contributed by atoms with van der Waals surface area (Å²) in [6.07, 6.45) is 0.0959. The summed E-state index contributed by atoms with van der Waals surface area (Å²) in [6, 6.07) is 1.39. The van der Waals surface area contributed by atoms with E-state index >= 15 is 0 Å². The lowest BCUT2D eigenvalue weighted by Crippen LogP contribution is -2.11. The van der Waals surface area contributed by atoms with E-state index in [1.165, 1.54) is 6.07 Å². The highest BCUT2D eigenvalue weighted by Gasteiger charge is 2.33. The summed E-state index contributed by atoms with van der Waals surface area (Å²) in [4.78, 5) is 10.2. The third-order valence-electron chi connectivity index (χ3n) is 2.14. The molecule has 0 saturated carbocycles. The number of hydrogen-bond donors (Lipinski definition) is 1. The number of aliphatic carboxylic acids is 1. The smallest absolute Gasteiger partial charge is 0.303 e. The van der Waals surface area contributed by atoms with Crippen molar-refractivity contribution in [2.45, 2.75) is 31.6 Å². The lowest BCUT2D eigenvalue weighted by atomic mass is 10.1. The normalized spacial score (nSPS) is 11.8. The van der Waals surface area contributed by atoms with Gasteiger partial charge in [-0.3, -0.25) is 4.79 Å². The van der Waals surface area contributed by atoms with Gasteiger partial charge in [0.05, 0.1) is 8.66 Å². The van der Waals surface area contributed by atoms with E-state index in [4.69, 9.17) is 5.11 Å². The van der Waals surface area contributed by atoms with Gasteiger partial charge in [-0.25, -0.2) is 8.78 Å². The van der Waals surface area contributed by atoms with E-state index in [0.29, 0.717) is 8.26 Å². The standard InChI is InChI=1S/C10H10Br2F2O2S/c11-6-5-7(17-9(6)12)10(13,14)4-2-1-3-8(15)16/h5H,1-4H2,(H,15,16). The van der Waals surface area contributed by atoms with Gasteiger partial charge in [-0.2, -0.15) is 0 Å². The quantitative estimate of drug-likeness (QED) is 0.692. The van der Waals surface area contributed by atoms with Crippen LogP contribution in [0.1, 0.15) is 30.6 Å². The van der Waals surface area contributed by atoms with Crippen LogP contribution in [0.3, 0.4) is 0 Å². The Hall–Kier alpha value is -0.0100. The average Bonchev–Trinajstić information content (AvgIpc) is 2.55. The Bertz CT molecular complexity index is 388. The highest BCUT2D eigenvalue weighted by atomic mass is 79.9. The highest BCUT2D eigenvalue weighted by molar-refractivity contribution is 9.13. The number of carboxylic acid groups (broad SMARTS) is 1. The first-order chi connectivity index (χ1) is 7.83. The zero-order valence-electron chi connectivity index (χ0n) is 8.68. The second-order valence-electron chi connectivity index (χ2n) is 3.54. The summed E-state index contributed by atoms with van der Waals surface area (Å²) in [5.74, 6) is -3.84. The fourth-order valence-corrected chi connectivity index (χ4v) is 3.31. The molecule has 17 heavy (non-hydrogen) atoms. The summed E-state index contributed by atoms with van der Waals surface area (Å²) in [7, 11) is 0. The SMILES string of the molecule is O=C(O)CCCCC(F)(F)c1cc(Br)c(Br)s1. The summed E-state index contributed by atoms with van der Waals surface area (Å²) >= 11 is 7.32. The minimum atomic E-state index is -2.89. The Morgan fingerprint density at radius 1 is 1.41 bits per heavy atom. The first-order valence-electron chi connectivity index (χ1n) is 4.88. The third kappa shape index (κ3) is 4.63. The summed E-state index contributed by atoms with van der Waals surface area (Å²) in [6.45, 7) is 0. The molecule has 0 unspecified atom stereocenters. The van der Waals surface area contributed by atoms with Crippen LogP contribution in [-0.4, -0.2) is 11.1 Å². The van der Waals surface area contributed by atoms with Gasteiger partial charge >= 0.3 is 5.97 Å². The topological polar surface area (TPSA) is 37.3 Å². The minimum absolute atomic E-state index is 0.00780. The maximum absolute atomic E-state index is 13.7. The lowest BCUT2D eigenvalue weighted by molar-refractivity contribution is -0.137. The van der Waals surface area contributed by atoms with Crippen LogP contribution in [0.5, 0.6) is 0 Å². The number of carboxylic acids is 1. The third-order valence-corrected chi connectivity index (χ3v) is 5.51. The van der Waals surface area contributed by atoms with E-state index in [9.17, 15) is 13.6 Å². The van der Waals surface area contributed by atoms with Crippen LogP contribution >= 0.6 is 43.2 Å². The largest absolute Gasteiger partial charge is 0.481 e. The molecule has 0 aromatic carbocycles. The van der Waals surface area contributed by atoms with Crippen molar-refractivity contribution >= 4 is 49.2 Å². The Kier molecular flexibility index (Phi) is 5.53. The molecule has 0 fully saturated rings. The molecule has 7 heteroatoms. The first kappa shape index (κ1) is 15.0. The van der Waals surface area contributed by atoms with Gasteiger partial charge in [0.1, 0.15) is 0 Å². The van der Waals surface area contributed by atoms with Crippen molar-refractivity contribution in [1.29, 1.82) is 0 Å². The van der Waals surface area contributed by atoms with Crippen molar-refractivity contribution in [2.75, 3.05) is 0 Å². The van der Waals surface area contributed by atoms with E-state index in [1.807, 2.05) is 0 Å². The molecule has 1 N–H and O–H groups in total. The van der Waals surface area contributed by atoms with Gasteiger partial charge in [-0.15, -0.1) is 11.3 Å². The van der Waals surface area contributed by atoms with Gasteiger partial charge in [0, 0.05) is 17.3 Å². The Labute approximate surface area is 118 Å². The molecule has 0 spiro atoms. The number of carbonyl (C=O) groups is 1. The molecule has 0 radical (unpaired) electrons. The Morgan fingerprint density at radius 2 is 2.06 bits per heavy atom. The molecule has 0 bridgehead atoms. The number of thiophene rings is 1. The monoisotopic (exact) mass is 390 g/mol. The Morgan fingerprint density at radius 3 is 2.53 bits per heavy atom. The molecule has 1 aromatic heterocycles. The molecular formula is C10H10Br2F2O2S. The van der Waals surface area contributed by atoms with Crippen LogP contribution < -0.4 is 0 Å². The minimum Gasteiger partial charge on any atom is -0.481 e. The summed E-state index contributed by atoms with van der Waals surface area (Å²) in [5.41, 5.74) is 0. The molecule has 0 amide bonds. The Balaban J connectivity index is 2.53. The van der Waals surface area contributed by atoms with Crippen LogP contribution in [0.4, 0.5) is 8.78 Å². The fourth-order valence-electron chi connectivity index (χ4n) is 1.27. The first-order valence-corrected chi connectivity index (χ1v) is 7.28. The van der Waals surface area contributed by atoms with Crippen molar-refractivity contribution in [2.24, 2.45) is 0 Å². The highest BCUT2D eigenvalue weighted by Crippen LogP contribution is 2.42. The molecule has 0 atom stereocenters. The van der Waals surface area contributed by atoms with E-state index < -0.39 is 11.9 Å². The molecule has 0 aliphatic carbocycles. The fraction of sp³-hybridized carbons (Fsp3) is 0.500. The van der Waals surface area contributed by atoms with Gasteiger partial charge < -0.3 is 5.11 Å². The van der Waals surface area contributed by atoms with Crippen LogP contribution in [0, 0.1) is 0 Å². The van der Waals surface area contributed by atoms with Crippen molar-refractivity contribution in [3.8, 4) is 0 Å². The van der Waals surface area contributed by atoms with Gasteiger partial charge in [-0.1, -0.05) is 0 Å². The van der Waals surface area contributed by atoms with Crippen molar-refractivity contribution in [3.63, 3.8) is 0 Å². The van der Waals surface area contributed by atoms with Crippen LogP contribution in [0.25, 0.3) is 0 Å². The predicted octanol–water partition coefficient (Wildman–Crippen LogP) is 5.01. The van der Waals surface area contributed by atoms with E-state index in [0.717, 1.165) is 11.3 Å². The number of alkyl halides is 2. The van der Waals surface area contributed by atoms with Crippen molar-refractivity contribution in [1.82, 2.24) is 0 Å². The second-order valence-corrected chi connectivity index (χ2v) is 6.76. The zero-order valence-corrected chi connectivity index (χ0v) is 12.7. The maximum Gasteiger partial charge on any atom is 0.303 e. The van der Waals surface area contributed by atoms with Crippen molar-refractivity contribution in [3.05, 3.63) is 19.2 Å². The molecule has 96 valence electrons. The van der Waals surface area contributed by atoms with E-state index in [2.05, 4.69) is 31.9 Å². The van der Waals surface area contributed by atoms with E-state index in [1.54, 1.807) is 0 Å². The molecule has 0 aliphatic heterocycles. The molecule has 1 rings (SSSR count). The molecule has 1 heterocycles. The van der Waals surface area contributed by atoms with Gasteiger partial charge in [0.2, 0.25) is 0 Å². The zero-order chi connectivity index (χ0) is 13.1. The van der Waals surface area contributed by atoms with Crippen LogP contribution in [0.15, 0.2) is 14.3 Å². The van der Waals surface area contributed by atoms with Crippen LogP contribution in [0.2, 0.25) is 0 Å². The van der Waals surface area contributed by atoms with Gasteiger partial charge in [0.25, 0.3) is 5.92 Å². The van der Waals surface area contributed by atoms with Crippen molar-refractivity contribution < 1.29 is 18.7 Å². The molecule has 0 aliphatic rings. The van der Waals surface area contributed by atoms with Gasteiger partial charge in [0.15, 0.2) is 0 Å². The molecule has 1 aromatic rings. The average molecular weight is 392 g/mol. The number of rotatable bonds is 6. The number of hydrogen-bond acceptors (Lipinski definition) is 2. The number of unbranched alkanes of at least 4 members (excludes halogenated alkanes) is 1. The molecule has 0 saturated heterocycles. The summed E-state index contributed by atoms with van der Waals surface area (Å²) in [5, 5.41) is 8.40. The molecule has 2 nitrogen and oxygen atoms in total. The van der Waals surface area contributed by atoms with E-state index in [-0.39, 0.29) is 30.6 Å². The second kappa shape index (κ2) is 6.24. The predicted molar refractivity (Wildman–Crippen MR) is 69.7 cm³/mol. The lowest BCUT2D eigenvalue weighted by Gasteiger charge is -2.13. The van der Waals surface area contributed by atoms with Crippen LogP contribution in [-0.2, 0) is 10.7 Å². The van der Waals surface area contributed by atoms with Gasteiger partial charge in [-0.05, 0) is 50.8 Å².